The van der Waals surface area contributed by atoms with Gasteiger partial charge in [0.2, 0.25) is 5.88 Å². The van der Waals surface area contributed by atoms with E-state index in [0.717, 1.165) is 0 Å². The standard InChI is InChI=1S/C10H14Cl2N2O/c1-6(2)5-15-10-8(12)4-7(11)9(13-3)14-10/h4,6H,5H2,1-3H3,(H,13,14). The maximum Gasteiger partial charge on any atom is 0.234 e. The largest absolute Gasteiger partial charge is 0.476 e. The van der Waals surface area contributed by atoms with Crippen LogP contribution in [-0.4, -0.2) is 18.6 Å². The average Bonchev–Trinajstić information content (AvgIpc) is 2.16. The number of aromatic nitrogens is 1. The fourth-order valence-electron chi connectivity index (χ4n) is 0.972. The number of rotatable bonds is 4. The Labute approximate surface area is 99.7 Å². The van der Waals surface area contributed by atoms with Crippen molar-refractivity contribution < 1.29 is 4.74 Å². The van der Waals surface area contributed by atoms with Crippen molar-refractivity contribution in [3.8, 4) is 5.88 Å². The highest BCUT2D eigenvalue weighted by atomic mass is 35.5. The van der Waals surface area contributed by atoms with Crippen molar-refractivity contribution in [1.82, 2.24) is 4.98 Å². The van der Waals surface area contributed by atoms with Crippen LogP contribution in [0.25, 0.3) is 0 Å². The molecule has 1 aromatic heterocycles. The summed E-state index contributed by atoms with van der Waals surface area (Å²) in [5.41, 5.74) is 0. The molecule has 0 fully saturated rings. The van der Waals surface area contributed by atoms with E-state index < -0.39 is 0 Å². The molecule has 1 rings (SSSR count). The summed E-state index contributed by atoms with van der Waals surface area (Å²) in [4.78, 5) is 4.17. The number of ether oxygens (including phenoxy) is 1. The number of nitrogens with zero attached hydrogens (tertiary/aromatic N) is 1. The van der Waals surface area contributed by atoms with Gasteiger partial charge in [0.05, 0.1) is 11.6 Å². The quantitative estimate of drug-likeness (QED) is 0.887. The molecular formula is C10H14Cl2N2O. The van der Waals surface area contributed by atoms with Crippen LogP contribution in [0, 0.1) is 5.92 Å². The maximum absolute atomic E-state index is 5.94. The van der Waals surface area contributed by atoms with Crippen LogP contribution in [0.2, 0.25) is 10.0 Å². The summed E-state index contributed by atoms with van der Waals surface area (Å²) in [7, 11) is 1.74. The fourth-order valence-corrected chi connectivity index (χ4v) is 1.48. The fraction of sp³-hybridized carbons (Fsp3) is 0.500. The Morgan fingerprint density at radius 1 is 1.40 bits per heavy atom. The first kappa shape index (κ1) is 12.4. The van der Waals surface area contributed by atoms with E-state index in [1.807, 2.05) is 0 Å². The van der Waals surface area contributed by atoms with Gasteiger partial charge in [0.25, 0.3) is 0 Å². The van der Waals surface area contributed by atoms with Crippen molar-refractivity contribution in [2.75, 3.05) is 19.0 Å². The van der Waals surface area contributed by atoms with Gasteiger partial charge in [-0.15, -0.1) is 0 Å². The predicted molar refractivity (Wildman–Crippen MR) is 64.1 cm³/mol. The second kappa shape index (κ2) is 5.42. The van der Waals surface area contributed by atoms with Gasteiger partial charge < -0.3 is 10.1 Å². The molecule has 1 heterocycles. The van der Waals surface area contributed by atoms with Crippen LogP contribution in [0.1, 0.15) is 13.8 Å². The van der Waals surface area contributed by atoms with E-state index in [-0.39, 0.29) is 0 Å². The molecule has 0 aliphatic carbocycles. The Kier molecular flexibility index (Phi) is 4.48. The van der Waals surface area contributed by atoms with Crippen molar-refractivity contribution in [2.24, 2.45) is 5.92 Å². The topological polar surface area (TPSA) is 34.2 Å². The average molecular weight is 249 g/mol. The molecule has 0 aromatic carbocycles. The molecule has 0 amide bonds. The smallest absolute Gasteiger partial charge is 0.234 e. The third-order valence-electron chi connectivity index (χ3n) is 1.69. The zero-order valence-corrected chi connectivity index (χ0v) is 10.5. The van der Waals surface area contributed by atoms with Gasteiger partial charge in [-0.05, 0) is 12.0 Å². The first-order valence-electron chi connectivity index (χ1n) is 4.71. The molecule has 0 saturated carbocycles. The number of pyridine rings is 1. The van der Waals surface area contributed by atoms with Crippen LogP contribution in [0.4, 0.5) is 5.82 Å². The lowest BCUT2D eigenvalue weighted by atomic mass is 10.2. The Morgan fingerprint density at radius 2 is 2.07 bits per heavy atom. The monoisotopic (exact) mass is 248 g/mol. The van der Waals surface area contributed by atoms with E-state index in [2.05, 4.69) is 24.1 Å². The molecular weight excluding hydrogens is 235 g/mol. The number of nitrogens with one attached hydrogen (secondary N) is 1. The highest BCUT2D eigenvalue weighted by Crippen LogP contribution is 2.30. The summed E-state index contributed by atoms with van der Waals surface area (Å²) in [5, 5.41) is 3.78. The first-order valence-corrected chi connectivity index (χ1v) is 5.46. The second-order valence-corrected chi connectivity index (χ2v) is 4.38. The molecule has 0 aliphatic heterocycles. The third kappa shape index (κ3) is 3.43. The lowest BCUT2D eigenvalue weighted by Crippen LogP contribution is -2.07. The van der Waals surface area contributed by atoms with Gasteiger partial charge >= 0.3 is 0 Å². The van der Waals surface area contributed by atoms with E-state index in [9.17, 15) is 0 Å². The second-order valence-electron chi connectivity index (χ2n) is 3.56. The molecule has 5 heteroatoms. The van der Waals surface area contributed by atoms with Gasteiger partial charge in [-0.1, -0.05) is 37.0 Å². The molecule has 0 bridgehead atoms. The maximum atomic E-state index is 5.94. The molecule has 15 heavy (non-hydrogen) atoms. The van der Waals surface area contributed by atoms with E-state index in [1.165, 1.54) is 0 Å². The number of hydrogen-bond donors (Lipinski definition) is 1. The minimum Gasteiger partial charge on any atom is -0.476 e. The Balaban J connectivity index is 2.87. The molecule has 0 unspecified atom stereocenters. The molecule has 0 atom stereocenters. The summed E-state index contributed by atoms with van der Waals surface area (Å²) in [5.74, 6) is 1.41. The lowest BCUT2D eigenvalue weighted by molar-refractivity contribution is 0.262. The van der Waals surface area contributed by atoms with E-state index in [4.69, 9.17) is 27.9 Å². The zero-order valence-electron chi connectivity index (χ0n) is 8.97. The minimum atomic E-state index is 0.416. The molecule has 1 N–H and O–H groups in total. The van der Waals surface area contributed by atoms with Gasteiger partial charge in [-0.25, -0.2) is 0 Å². The Bertz CT molecular complexity index is 342. The summed E-state index contributed by atoms with van der Waals surface area (Å²) in [6, 6.07) is 1.62. The van der Waals surface area contributed by atoms with Crippen LogP contribution in [0.15, 0.2) is 6.07 Å². The number of anilines is 1. The molecule has 0 saturated heterocycles. The van der Waals surface area contributed by atoms with Crippen LogP contribution in [0.3, 0.4) is 0 Å². The van der Waals surface area contributed by atoms with E-state index in [1.54, 1.807) is 13.1 Å². The first-order chi connectivity index (χ1) is 7.04. The molecule has 1 aromatic rings. The summed E-state index contributed by atoms with van der Waals surface area (Å²) in [6.07, 6.45) is 0. The van der Waals surface area contributed by atoms with Crippen LogP contribution >= 0.6 is 23.2 Å². The number of hydrogen-bond acceptors (Lipinski definition) is 3. The lowest BCUT2D eigenvalue weighted by Gasteiger charge is -2.11. The van der Waals surface area contributed by atoms with E-state index >= 15 is 0 Å². The van der Waals surface area contributed by atoms with Crippen LogP contribution in [0.5, 0.6) is 5.88 Å². The summed E-state index contributed by atoms with van der Waals surface area (Å²) >= 11 is 11.8. The molecule has 0 aliphatic rings. The third-order valence-corrected chi connectivity index (χ3v) is 2.25. The highest BCUT2D eigenvalue weighted by molar-refractivity contribution is 6.36. The minimum absolute atomic E-state index is 0.416. The van der Waals surface area contributed by atoms with Gasteiger partial charge in [0.1, 0.15) is 10.8 Å². The van der Waals surface area contributed by atoms with Crippen LogP contribution < -0.4 is 10.1 Å². The van der Waals surface area contributed by atoms with Crippen molar-refractivity contribution in [2.45, 2.75) is 13.8 Å². The van der Waals surface area contributed by atoms with Crippen LogP contribution in [-0.2, 0) is 0 Å². The van der Waals surface area contributed by atoms with Crippen molar-refractivity contribution in [3.63, 3.8) is 0 Å². The van der Waals surface area contributed by atoms with Crippen molar-refractivity contribution in [3.05, 3.63) is 16.1 Å². The molecule has 3 nitrogen and oxygen atoms in total. The molecule has 0 radical (unpaired) electrons. The van der Waals surface area contributed by atoms with Gasteiger partial charge in [0.15, 0.2) is 0 Å². The molecule has 84 valence electrons. The van der Waals surface area contributed by atoms with Gasteiger partial charge in [-0.2, -0.15) is 4.98 Å². The van der Waals surface area contributed by atoms with Gasteiger partial charge in [-0.3, -0.25) is 0 Å². The summed E-state index contributed by atoms with van der Waals surface area (Å²) < 4.78 is 5.45. The predicted octanol–water partition coefficient (Wildman–Crippen LogP) is 3.46. The highest BCUT2D eigenvalue weighted by Gasteiger charge is 2.09. The Hall–Kier alpha value is -0.670. The molecule has 0 spiro atoms. The van der Waals surface area contributed by atoms with E-state index in [0.29, 0.717) is 34.3 Å². The van der Waals surface area contributed by atoms with Gasteiger partial charge in [0, 0.05) is 7.05 Å². The van der Waals surface area contributed by atoms with Crippen molar-refractivity contribution in [1.29, 1.82) is 0 Å². The van der Waals surface area contributed by atoms with Crippen molar-refractivity contribution >= 4 is 29.0 Å². The normalized spacial score (nSPS) is 10.5. The Morgan fingerprint density at radius 3 is 2.60 bits per heavy atom. The SMILES string of the molecule is CNc1nc(OCC(C)C)c(Cl)cc1Cl. The summed E-state index contributed by atoms with van der Waals surface area (Å²) in [6.45, 7) is 4.70. The zero-order chi connectivity index (χ0) is 11.4. The number of halogens is 2.